The average Bonchev–Trinajstić information content (AvgIpc) is 2.35. The van der Waals surface area contributed by atoms with Crippen LogP contribution < -0.4 is 5.32 Å². The highest BCUT2D eigenvalue weighted by atomic mass is 35.5. The van der Waals surface area contributed by atoms with Crippen LogP contribution in [0.5, 0.6) is 0 Å². The summed E-state index contributed by atoms with van der Waals surface area (Å²) in [5, 5.41) is 12.7. The maximum absolute atomic E-state index is 11.7. The van der Waals surface area contributed by atoms with Crippen LogP contribution in [0, 0.1) is 0 Å². The summed E-state index contributed by atoms with van der Waals surface area (Å²) in [6.45, 7) is 5.27. The zero-order valence-corrected chi connectivity index (χ0v) is 13.7. The number of amides is 1. The third kappa shape index (κ3) is 5.91. The van der Waals surface area contributed by atoms with E-state index < -0.39 is 23.8 Å². The standard InChI is InChI=1S/C15H20ClNO5/c1-15(2,3)22-14(20)17-9-5-6-10(11(16)7-9)12(18)8-13(19)21-4/h5-7,12,18H,8H2,1-4H3,(H,17,20)/t12-/m0/s1. The highest BCUT2D eigenvalue weighted by Gasteiger charge is 2.19. The summed E-state index contributed by atoms with van der Waals surface area (Å²) in [5.74, 6) is -0.542. The van der Waals surface area contributed by atoms with E-state index in [4.69, 9.17) is 16.3 Å². The maximum atomic E-state index is 11.7. The molecule has 0 fully saturated rings. The Hall–Kier alpha value is -1.79. The monoisotopic (exact) mass is 329 g/mol. The van der Waals surface area contributed by atoms with Gasteiger partial charge in [0.25, 0.3) is 0 Å². The number of carbonyl (C=O) groups is 2. The second-order valence-electron chi connectivity index (χ2n) is 5.66. The van der Waals surface area contributed by atoms with E-state index >= 15 is 0 Å². The molecule has 2 N–H and O–H groups in total. The molecule has 0 aliphatic carbocycles. The maximum Gasteiger partial charge on any atom is 0.412 e. The zero-order valence-electron chi connectivity index (χ0n) is 13.0. The van der Waals surface area contributed by atoms with Gasteiger partial charge in [-0.15, -0.1) is 0 Å². The fourth-order valence-corrected chi connectivity index (χ4v) is 1.95. The highest BCUT2D eigenvalue weighted by molar-refractivity contribution is 6.31. The summed E-state index contributed by atoms with van der Waals surface area (Å²) in [6.07, 6.45) is -1.88. The number of halogens is 1. The normalized spacial score (nSPS) is 12.5. The lowest BCUT2D eigenvalue weighted by Crippen LogP contribution is -2.27. The van der Waals surface area contributed by atoms with Crippen LogP contribution >= 0.6 is 11.6 Å². The van der Waals surface area contributed by atoms with Gasteiger partial charge in [-0.1, -0.05) is 17.7 Å². The van der Waals surface area contributed by atoms with Crippen molar-refractivity contribution in [2.75, 3.05) is 12.4 Å². The Kier molecular flexibility index (Phi) is 6.20. The van der Waals surface area contributed by atoms with Crippen LogP contribution in [0.25, 0.3) is 0 Å². The predicted molar refractivity (Wildman–Crippen MR) is 82.9 cm³/mol. The van der Waals surface area contributed by atoms with Crippen LogP contribution in [0.1, 0.15) is 38.9 Å². The van der Waals surface area contributed by atoms with Crippen molar-refractivity contribution in [3.8, 4) is 0 Å². The summed E-state index contributed by atoms with van der Waals surface area (Å²) in [4.78, 5) is 22.8. The number of nitrogens with one attached hydrogen (secondary N) is 1. The second kappa shape index (κ2) is 7.47. The molecule has 6 nitrogen and oxygen atoms in total. The quantitative estimate of drug-likeness (QED) is 0.828. The first kappa shape index (κ1) is 18.3. The van der Waals surface area contributed by atoms with Crippen LogP contribution in [0.15, 0.2) is 18.2 Å². The van der Waals surface area contributed by atoms with E-state index in [1.54, 1.807) is 26.8 Å². The molecular weight excluding hydrogens is 310 g/mol. The molecule has 0 unspecified atom stereocenters. The molecular formula is C15H20ClNO5. The number of hydrogen-bond donors (Lipinski definition) is 2. The number of carbonyl (C=O) groups excluding carboxylic acids is 2. The molecule has 1 rings (SSSR count). The number of ether oxygens (including phenoxy) is 2. The van der Waals surface area contributed by atoms with Gasteiger partial charge in [0.15, 0.2) is 0 Å². The molecule has 0 heterocycles. The van der Waals surface area contributed by atoms with E-state index in [1.165, 1.54) is 19.2 Å². The fraction of sp³-hybridized carbons (Fsp3) is 0.467. The van der Waals surface area contributed by atoms with Gasteiger partial charge in [-0.05, 0) is 38.5 Å². The molecule has 0 saturated heterocycles. The average molecular weight is 330 g/mol. The lowest BCUT2D eigenvalue weighted by atomic mass is 10.1. The number of aliphatic hydroxyl groups is 1. The molecule has 1 aromatic rings. The smallest absolute Gasteiger partial charge is 0.412 e. The lowest BCUT2D eigenvalue weighted by molar-refractivity contribution is -0.142. The van der Waals surface area contributed by atoms with Crippen molar-refractivity contribution in [1.82, 2.24) is 0 Å². The summed E-state index contributed by atoms with van der Waals surface area (Å²) in [7, 11) is 1.24. The molecule has 0 aliphatic rings. The van der Waals surface area contributed by atoms with E-state index in [2.05, 4.69) is 10.1 Å². The molecule has 0 aromatic heterocycles. The molecule has 0 spiro atoms. The minimum absolute atomic E-state index is 0.199. The second-order valence-corrected chi connectivity index (χ2v) is 6.07. The van der Waals surface area contributed by atoms with E-state index in [1.807, 2.05) is 0 Å². The SMILES string of the molecule is COC(=O)C[C@H](O)c1ccc(NC(=O)OC(C)(C)C)cc1Cl. The lowest BCUT2D eigenvalue weighted by Gasteiger charge is -2.20. The van der Waals surface area contributed by atoms with Crippen LogP contribution in [0.2, 0.25) is 5.02 Å². The molecule has 1 aromatic carbocycles. The van der Waals surface area contributed by atoms with Gasteiger partial charge >= 0.3 is 12.1 Å². The van der Waals surface area contributed by atoms with Crippen molar-refractivity contribution < 1.29 is 24.2 Å². The van der Waals surface area contributed by atoms with Gasteiger partial charge in [0.2, 0.25) is 0 Å². The summed E-state index contributed by atoms with van der Waals surface area (Å²) >= 11 is 6.06. The number of benzene rings is 1. The van der Waals surface area contributed by atoms with Gasteiger partial charge in [-0.2, -0.15) is 0 Å². The molecule has 1 atom stereocenters. The highest BCUT2D eigenvalue weighted by Crippen LogP contribution is 2.28. The Morgan fingerprint density at radius 3 is 2.50 bits per heavy atom. The number of esters is 1. The topological polar surface area (TPSA) is 84.9 Å². The first-order chi connectivity index (χ1) is 10.1. The van der Waals surface area contributed by atoms with Gasteiger partial charge in [-0.25, -0.2) is 4.79 Å². The van der Waals surface area contributed by atoms with Gasteiger partial charge in [-0.3, -0.25) is 10.1 Å². The first-order valence-electron chi connectivity index (χ1n) is 6.66. The van der Waals surface area contributed by atoms with E-state index in [9.17, 15) is 14.7 Å². The first-order valence-corrected chi connectivity index (χ1v) is 7.04. The largest absolute Gasteiger partial charge is 0.469 e. The van der Waals surface area contributed by atoms with Gasteiger partial charge in [0.05, 0.1) is 19.6 Å². The van der Waals surface area contributed by atoms with Crippen molar-refractivity contribution in [3.63, 3.8) is 0 Å². The van der Waals surface area contributed by atoms with Crippen molar-refractivity contribution in [2.45, 2.75) is 38.9 Å². The number of anilines is 1. The van der Waals surface area contributed by atoms with Crippen molar-refractivity contribution in [3.05, 3.63) is 28.8 Å². The Labute approximate surface area is 134 Å². The fourth-order valence-electron chi connectivity index (χ4n) is 1.65. The third-order valence-corrected chi connectivity index (χ3v) is 2.92. The molecule has 22 heavy (non-hydrogen) atoms. The predicted octanol–water partition coefficient (Wildman–Crippen LogP) is 3.28. The summed E-state index contributed by atoms with van der Waals surface area (Å²) in [5.41, 5.74) is 0.194. The number of methoxy groups -OCH3 is 1. The van der Waals surface area contributed by atoms with Gasteiger partial charge < -0.3 is 14.6 Å². The van der Waals surface area contributed by atoms with E-state index in [0.29, 0.717) is 11.3 Å². The molecule has 1 amide bonds. The molecule has 0 saturated carbocycles. The Morgan fingerprint density at radius 2 is 2.00 bits per heavy atom. The number of hydrogen-bond acceptors (Lipinski definition) is 5. The summed E-state index contributed by atoms with van der Waals surface area (Å²) < 4.78 is 9.61. The zero-order chi connectivity index (χ0) is 16.9. The van der Waals surface area contributed by atoms with Crippen LogP contribution in [0.4, 0.5) is 10.5 Å². The Morgan fingerprint density at radius 1 is 1.36 bits per heavy atom. The van der Waals surface area contributed by atoms with Crippen molar-refractivity contribution in [2.24, 2.45) is 0 Å². The molecule has 122 valence electrons. The summed E-state index contributed by atoms with van der Waals surface area (Å²) in [6, 6.07) is 4.57. The Bertz CT molecular complexity index is 553. The van der Waals surface area contributed by atoms with Crippen LogP contribution in [-0.2, 0) is 14.3 Å². The minimum atomic E-state index is -1.07. The molecule has 0 bridgehead atoms. The van der Waals surface area contributed by atoms with E-state index in [-0.39, 0.29) is 11.4 Å². The minimum Gasteiger partial charge on any atom is -0.469 e. The van der Waals surface area contributed by atoms with Crippen LogP contribution in [0.3, 0.4) is 0 Å². The molecule has 7 heteroatoms. The number of aliphatic hydroxyl groups excluding tert-OH is 1. The number of rotatable bonds is 4. The molecule has 0 aliphatic heterocycles. The van der Waals surface area contributed by atoms with Gasteiger partial charge in [0.1, 0.15) is 5.60 Å². The van der Waals surface area contributed by atoms with E-state index in [0.717, 1.165) is 0 Å². The van der Waals surface area contributed by atoms with Crippen molar-refractivity contribution >= 4 is 29.4 Å². The third-order valence-electron chi connectivity index (χ3n) is 2.59. The van der Waals surface area contributed by atoms with Crippen LogP contribution in [-0.4, -0.2) is 29.9 Å². The molecule has 0 radical (unpaired) electrons. The van der Waals surface area contributed by atoms with Gasteiger partial charge in [0, 0.05) is 10.7 Å². The van der Waals surface area contributed by atoms with Crippen molar-refractivity contribution in [1.29, 1.82) is 0 Å². The Balaban J connectivity index is 2.77.